The van der Waals surface area contributed by atoms with Crippen LogP contribution in [0.2, 0.25) is 0 Å². The van der Waals surface area contributed by atoms with Crippen LogP contribution in [0.1, 0.15) is 36.5 Å². The van der Waals surface area contributed by atoms with Crippen LogP contribution < -0.4 is 0 Å². The SMILES string of the molecule is Cc1ccc(CN=[N+]=[N-])c(C(C)C)c1. The van der Waals surface area contributed by atoms with Crippen molar-refractivity contribution in [3.8, 4) is 0 Å². The van der Waals surface area contributed by atoms with Crippen molar-refractivity contribution in [2.45, 2.75) is 33.2 Å². The van der Waals surface area contributed by atoms with E-state index in [2.05, 4.69) is 36.9 Å². The molecule has 0 heterocycles. The largest absolute Gasteiger partial charge is 0.0893 e. The highest BCUT2D eigenvalue weighted by Crippen LogP contribution is 2.21. The van der Waals surface area contributed by atoms with Crippen LogP contribution in [-0.2, 0) is 6.54 Å². The highest BCUT2D eigenvalue weighted by Gasteiger charge is 2.05. The van der Waals surface area contributed by atoms with Gasteiger partial charge in [-0.15, -0.1) is 0 Å². The fourth-order valence-corrected chi connectivity index (χ4v) is 1.50. The standard InChI is InChI=1S/C11H15N3/c1-8(2)11-6-9(3)4-5-10(11)7-13-14-12/h4-6,8H,7H2,1-3H3. The van der Waals surface area contributed by atoms with Gasteiger partial charge in [0.05, 0.1) is 6.54 Å². The molecule has 3 heteroatoms. The molecule has 0 unspecified atom stereocenters. The van der Waals surface area contributed by atoms with E-state index in [0.29, 0.717) is 12.5 Å². The van der Waals surface area contributed by atoms with Crippen LogP contribution in [0.4, 0.5) is 0 Å². The lowest BCUT2D eigenvalue weighted by Crippen LogP contribution is -1.95. The van der Waals surface area contributed by atoms with Gasteiger partial charge in [0.15, 0.2) is 0 Å². The monoisotopic (exact) mass is 189 g/mol. The molecule has 0 radical (unpaired) electrons. The summed E-state index contributed by atoms with van der Waals surface area (Å²) in [6.45, 7) is 6.82. The van der Waals surface area contributed by atoms with E-state index in [4.69, 9.17) is 5.53 Å². The Morgan fingerprint density at radius 3 is 2.71 bits per heavy atom. The van der Waals surface area contributed by atoms with Gasteiger partial charge < -0.3 is 0 Å². The van der Waals surface area contributed by atoms with Crippen LogP contribution in [0.3, 0.4) is 0 Å². The summed E-state index contributed by atoms with van der Waals surface area (Å²) in [5.41, 5.74) is 11.9. The van der Waals surface area contributed by atoms with Gasteiger partial charge >= 0.3 is 0 Å². The minimum atomic E-state index is 0.449. The summed E-state index contributed by atoms with van der Waals surface area (Å²) in [5.74, 6) is 0.471. The first-order valence-electron chi connectivity index (χ1n) is 4.75. The topological polar surface area (TPSA) is 48.8 Å². The molecule has 0 amide bonds. The zero-order valence-corrected chi connectivity index (χ0v) is 8.86. The summed E-state index contributed by atoms with van der Waals surface area (Å²) >= 11 is 0. The van der Waals surface area contributed by atoms with Crippen molar-refractivity contribution in [3.05, 3.63) is 45.3 Å². The van der Waals surface area contributed by atoms with Crippen molar-refractivity contribution in [3.63, 3.8) is 0 Å². The zero-order valence-electron chi connectivity index (χ0n) is 8.86. The van der Waals surface area contributed by atoms with E-state index in [9.17, 15) is 0 Å². The van der Waals surface area contributed by atoms with Crippen molar-refractivity contribution in [2.75, 3.05) is 0 Å². The van der Waals surface area contributed by atoms with Gasteiger partial charge in [-0.3, -0.25) is 0 Å². The summed E-state index contributed by atoms with van der Waals surface area (Å²) < 4.78 is 0. The van der Waals surface area contributed by atoms with Gasteiger partial charge in [0.1, 0.15) is 0 Å². The summed E-state index contributed by atoms with van der Waals surface area (Å²) in [4.78, 5) is 2.78. The van der Waals surface area contributed by atoms with Gasteiger partial charge in [0.2, 0.25) is 0 Å². The van der Waals surface area contributed by atoms with E-state index in [1.807, 2.05) is 12.1 Å². The summed E-state index contributed by atoms with van der Waals surface area (Å²) in [7, 11) is 0. The number of rotatable bonds is 3. The second kappa shape index (κ2) is 4.68. The van der Waals surface area contributed by atoms with E-state index >= 15 is 0 Å². The number of aryl methyl sites for hydroxylation is 1. The van der Waals surface area contributed by atoms with Crippen molar-refractivity contribution in [1.29, 1.82) is 0 Å². The smallest absolute Gasteiger partial charge is 0.0513 e. The number of azide groups is 1. The third-order valence-electron chi connectivity index (χ3n) is 2.23. The number of benzene rings is 1. The molecular weight excluding hydrogens is 174 g/mol. The van der Waals surface area contributed by atoms with E-state index in [-0.39, 0.29) is 0 Å². The molecule has 1 aromatic carbocycles. The van der Waals surface area contributed by atoms with Crippen LogP contribution in [0.5, 0.6) is 0 Å². The van der Waals surface area contributed by atoms with Gasteiger partial charge in [0, 0.05) is 4.91 Å². The van der Waals surface area contributed by atoms with Gasteiger partial charge in [-0.1, -0.05) is 42.7 Å². The number of hydrogen-bond acceptors (Lipinski definition) is 1. The second-order valence-corrected chi connectivity index (χ2v) is 3.75. The molecule has 0 atom stereocenters. The van der Waals surface area contributed by atoms with Crippen LogP contribution >= 0.6 is 0 Å². The molecule has 0 saturated carbocycles. The predicted octanol–water partition coefficient (Wildman–Crippen LogP) is 3.93. The Morgan fingerprint density at radius 2 is 2.14 bits per heavy atom. The molecule has 0 N–H and O–H groups in total. The fourth-order valence-electron chi connectivity index (χ4n) is 1.50. The molecule has 14 heavy (non-hydrogen) atoms. The molecule has 3 nitrogen and oxygen atoms in total. The average molecular weight is 189 g/mol. The fraction of sp³-hybridized carbons (Fsp3) is 0.455. The molecule has 0 fully saturated rings. The van der Waals surface area contributed by atoms with Gasteiger partial charge in [-0.25, -0.2) is 0 Å². The van der Waals surface area contributed by atoms with Crippen LogP contribution in [0, 0.1) is 6.92 Å². The normalized spacial score (nSPS) is 10.0. The summed E-state index contributed by atoms with van der Waals surface area (Å²) in [5, 5.41) is 3.60. The lowest BCUT2D eigenvalue weighted by Gasteiger charge is -2.11. The minimum absolute atomic E-state index is 0.449. The van der Waals surface area contributed by atoms with Gasteiger partial charge in [-0.2, -0.15) is 0 Å². The van der Waals surface area contributed by atoms with E-state index in [0.717, 1.165) is 5.56 Å². The molecule has 0 saturated heterocycles. The van der Waals surface area contributed by atoms with Gasteiger partial charge in [-0.05, 0) is 29.5 Å². The van der Waals surface area contributed by atoms with Crippen molar-refractivity contribution in [1.82, 2.24) is 0 Å². The Balaban J connectivity index is 3.07. The summed E-state index contributed by atoms with van der Waals surface area (Å²) in [6.07, 6.45) is 0. The molecule has 0 aromatic heterocycles. The number of hydrogen-bond donors (Lipinski definition) is 0. The molecule has 0 aliphatic heterocycles. The molecule has 1 rings (SSSR count). The molecule has 0 aliphatic carbocycles. The lowest BCUT2D eigenvalue weighted by molar-refractivity contribution is 0.836. The molecule has 1 aromatic rings. The van der Waals surface area contributed by atoms with E-state index < -0.39 is 0 Å². The second-order valence-electron chi connectivity index (χ2n) is 3.75. The quantitative estimate of drug-likeness (QED) is 0.393. The Kier molecular flexibility index (Phi) is 3.55. The van der Waals surface area contributed by atoms with Crippen molar-refractivity contribution < 1.29 is 0 Å². The van der Waals surface area contributed by atoms with Crippen LogP contribution in [-0.4, -0.2) is 0 Å². The third-order valence-corrected chi connectivity index (χ3v) is 2.23. The molecular formula is C11H15N3. The highest BCUT2D eigenvalue weighted by molar-refractivity contribution is 5.33. The molecule has 0 aliphatic rings. The first-order chi connectivity index (χ1) is 6.65. The molecule has 0 bridgehead atoms. The highest BCUT2D eigenvalue weighted by atomic mass is 15.1. The third kappa shape index (κ3) is 2.51. The zero-order chi connectivity index (χ0) is 10.6. The maximum Gasteiger partial charge on any atom is 0.0513 e. The average Bonchev–Trinajstić information content (AvgIpc) is 2.15. The Morgan fingerprint density at radius 1 is 1.43 bits per heavy atom. The minimum Gasteiger partial charge on any atom is -0.0893 e. The molecule has 0 spiro atoms. The Labute approximate surface area is 84.4 Å². The first kappa shape index (κ1) is 10.6. The van der Waals surface area contributed by atoms with Crippen molar-refractivity contribution >= 4 is 0 Å². The first-order valence-corrected chi connectivity index (χ1v) is 4.75. The lowest BCUT2D eigenvalue weighted by atomic mass is 9.95. The number of nitrogens with zero attached hydrogens (tertiary/aromatic N) is 3. The Bertz CT molecular complexity index is 363. The predicted molar refractivity (Wildman–Crippen MR) is 58.1 cm³/mol. The molecule has 74 valence electrons. The van der Waals surface area contributed by atoms with Crippen LogP contribution in [0.25, 0.3) is 10.4 Å². The summed E-state index contributed by atoms with van der Waals surface area (Å²) in [6, 6.07) is 6.25. The van der Waals surface area contributed by atoms with Crippen LogP contribution in [0.15, 0.2) is 23.3 Å². The van der Waals surface area contributed by atoms with Gasteiger partial charge in [0.25, 0.3) is 0 Å². The van der Waals surface area contributed by atoms with Crippen molar-refractivity contribution in [2.24, 2.45) is 5.11 Å². The van der Waals surface area contributed by atoms with E-state index in [1.165, 1.54) is 11.1 Å². The Hall–Kier alpha value is -1.47. The maximum absolute atomic E-state index is 8.27. The maximum atomic E-state index is 8.27. The van der Waals surface area contributed by atoms with E-state index in [1.54, 1.807) is 0 Å².